The second-order valence-corrected chi connectivity index (χ2v) is 7.55. The summed E-state index contributed by atoms with van der Waals surface area (Å²) in [5, 5.41) is 16.2. The standard InChI is InChI=1S/C23H30N4O3/c1-16(2)30-23(29)15-21(19-9-6-5-7-10-19)25-22(28)12-11-20-17(3)26-27(18(20)4)14-8-13-24/h5-7,9-10,16,21H,8,11-12,14-15H2,1-4H3,(H,25,28). The van der Waals surface area contributed by atoms with Crippen molar-refractivity contribution in [3.63, 3.8) is 0 Å². The van der Waals surface area contributed by atoms with Gasteiger partial charge in [-0.15, -0.1) is 0 Å². The maximum atomic E-state index is 12.7. The molecule has 160 valence electrons. The lowest BCUT2D eigenvalue weighted by molar-refractivity contribution is -0.148. The van der Waals surface area contributed by atoms with Gasteiger partial charge in [-0.3, -0.25) is 14.3 Å². The second-order valence-electron chi connectivity index (χ2n) is 7.55. The van der Waals surface area contributed by atoms with Crippen LogP contribution < -0.4 is 5.32 Å². The van der Waals surface area contributed by atoms with Crippen LogP contribution in [0.15, 0.2) is 30.3 Å². The highest BCUT2D eigenvalue weighted by atomic mass is 16.5. The number of rotatable bonds is 10. The fourth-order valence-electron chi connectivity index (χ4n) is 3.39. The Morgan fingerprint density at radius 3 is 2.57 bits per heavy atom. The fourth-order valence-corrected chi connectivity index (χ4v) is 3.39. The first kappa shape index (κ1) is 23.1. The average molecular weight is 411 g/mol. The molecule has 7 heteroatoms. The van der Waals surface area contributed by atoms with E-state index in [9.17, 15) is 9.59 Å². The second kappa shape index (κ2) is 11.1. The van der Waals surface area contributed by atoms with Crippen LogP contribution in [0.25, 0.3) is 0 Å². The molecule has 0 bridgehead atoms. The highest BCUT2D eigenvalue weighted by Crippen LogP contribution is 2.19. The van der Waals surface area contributed by atoms with Gasteiger partial charge in [0.15, 0.2) is 0 Å². The van der Waals surface area contributed by atoms with Gasteiger partial charge in [-0.25, -0.2) is 0 Å². The zero-order valence-corrected chi connectivity index (χ0v) is 18.1. The summed E-state index contributed by atoms with van der Waals surface area (Å²) in [6.07, 6.45) is 1.11. The van der Waals surface area contributed by atoms with E-state index in [1.807, 2.05) is 48.9 Å². The van der Waals surface area contributed by atoms with Gasteiger partial charge in [0.1, 0.15) is 0 Å². The molecule has 1 aromatic heterocycles. The van der Waals surface area contributed by atoms with E-state index in [4.69, 9.17) is 10.00 Å². The van der Waals surface area contributed by atoms with Crippen LogP contribution in [0.5, 0.6) is 0 Å². The first-order chi connectivity index (χ1) is 14.3. The summed E-state index contributed by atoms with van der Waals surface area (Å²) in [4.78, 5) is 24.8. The van der Waals surface area contributed by atoms with Crippen molar-refractivity contribution in [2.45, 2.75) is 72.1 Å². The number of nitrogens with zero attached hydrogens (tertiary/aromatic N) is 3. The molecule has 0 fully saturated rings. The van der Waals surface area contributed by atoms with Crippen molar-refractivity contribution in [2.24, 2.45) is 0 Å². The van der Waals surface area contributed by atoms with Crippen LogP contribution in [-0.4, -0.2) is 27.8 Å². The molecule has 1 atom stereocenters. The van der Waals surface area contributed by atoms with Gasteiger partial charge in [-0.05, 0) is 45.2 Å². The third-order valence-electron chi connectivity index (χ3n) is 4.84. The lowest BCUT2D eigenvalue weighted by Gasteiger charge is -2.19. The number of carbonyl (C=O) groups is 2. The quantitative estimate of drug-likeness (QED) is 0.604. The van der Waals surface area contributed by atoms with Gasteiger partial charge in [-0.2, -0.15) is 10.4 Å². The zero-order chi connectivity index (χ0) is 22.1. The van der Waals surface area contributed by atoms with Crippen LogP contribution >= 0.6 is 0 Å². The van der Waals surface area contributed by atoms with Crippen molar-refractivity contribution in [3.8, 4) is 6.07 Å². The Kier molecular flexibility index (Phi) is 8.60. The zero-order valence-electron chi connectivity index (χ0n) is 18.1. The number of aromatic nitrogens is 2. The van der Waals surface area contributed by atoms with E-state index in [0.29, 0.717) is 19.4 Å². The molecular weight excluding hydrogens is 380 g/mol. The minimum Gasteiger partial charge on any atom is -0.463 e. The number of hydrogen-bond acceptors (Lipinski definition) is 5. The van der Waals surface area contributed by atoms with Gasteiger partial charge < -0.3 is 10.1 Å². The molecule has 1 amide bonds. The minimum atomic E-state index is -0.439. The van der Waals surface area contributed by atoms with Gasteiger partial charge in [0.05, 0.1) is 43.3 Å². The summed E-state index contributed by atoms with van der Waals surface area (Å²) < 4.78 is 7.08. The molecule has 1 aromatic carbocycles. The van der Waals surface area contributed by atoms with Crippen molar-refractivity contribution in [1.29, 1.82) is 5.26 Å². The minimum absolute atomic E-state index is 0.0814. The van der Waals surface area contributed by atoms with Crippen LogP contribution in [0.4, 0.5) is 0 Å². The third-order valence-corrected chi connectivity index (χ3v) is 4.84. The Hall–Kier alpha value is -3.14. The van der Waals surface area contributed by atoms with Crippen LogP contribution in [-0.2, 0) is 27.3 Å². The maximum absolute atomic E-state index is 12.7. The highest BCUT2D eigenvalue weighted by Gasteiger charge is 2.21. The third kappa shape index (κ3) is 6.73. The van der Waals surface area contributed by atoms with E-state index in [1.165, 1.54) is 0 Å². The molecule has 0 radical (unpaired) electrons. The predicted octanol–water partition coefficient (Wildman–Crippen LogP) is 3.55. The van der Waals surface area contributed by atoms with E-state index in [1.54, 1.807) is 13.8 Å². The number of nitriles is 1. The van der Waals surface area contributed by atoms with Crippen LogP contribution in [0.1, 0.15) is 61.7 Å². The molecule has 0 saturated heterocycles. The molecule has 2 aromatic rings. The summed E-state index contributed by atoms with van der Waals surface area (Å²) in [5.41, 5.74) is 3.75. The summed E-state index contributed by atoms with van der Waals surface area (Å²) in [6.45, 7) is 8.02. The number of hydrogen-bond donors (Lipinski definition) is 1. The lowest BCUT2D eigenvalue weighted by atomic mass is 10.0. The van der Waals surface area contributed by atoms with Gasteiger partial charge in [0, 0.05) is 12.1 Å². The molecular formula is C23H30N4O3. The van der Waals surface area contributed by atoms with Gasteiger partial charge in [0.2, 0.25) is 5.91 Å². The van der Waals surface area contributed by atoms with E-state index >= 15 is 0 Å². The Morgan fingerprint density at radius 2 is 1.93 bits per heavy atom. The predicted molar refractivity (Wildman–Crippen MR) is 113 cm³/mol. The van der Waals surface area contributed by atoms with Gasteiger partial charge in [0.25, 0.3) is 0 Å². The number of amides is 1. The molecule has 7 nitrogen and oxygen atoms in total. The fraction of sp³-hybridized carbons (Fsp3) is 0.478. The van der Waals surface area contributed by atoms with Crippen molar-refractivity contribution >= 4 is 11.9 Å². The molecule has 1 N–H and O–H groups in total. The Labute approximate surface area is 178 Å². The number of nitrogens with one attached hydrogen (secondary N) is 1. The van der Waals surface area contributed by atoms with Crippen LogP contribution in [0.3, 0.4) is 0 Å². The van der Waals surface area contributed by atoms with E-state index in [-0.39, 0.29) is 30.8 Å². The molecule has 0 spiro atoms. The Morgan fingerprint density at radius 1 is 1.23 bits per heavy atom. The first-order valence-electron chi connectivity index (χ1n) is 10.3. The number of esters is 1. The Balaban J connectivity index is 2.03. The summed E-state index contributed by atoms with van der Waals surface area (Å²) >= 11 is 0. The molecule has 1 unspecified atom stereocenters. The Bertz CT molecular complexity index is 897. The number of carbonyl (C=O) groups excluding carboxylic acids is 2. The van der Waals surface area contributed by atoms with E-state index < -0.39 is 6.04 Å². The van der Waals surface area contributed by atoms with Crippen molar-refractivity contribution in [3.05, 3.63) is 52.8 Å². The molecule has 0 saturated carbocycles. The molecule has 2 rings (SSSR count). The lowest BCUT2D eigenvalue weighted by Crippen LogP contribution is -2.31. The first-order valence-corrected chi connectivity index (χ1v) is 10.3. The average Bonchev–Trinajstić information content (AvgIpc) is 2.97. The SMILES string of the molecule is Cc1nn(CCC#N)c(C)c1CCC(=O)NC(CC(=O)OC(C)C)c1ccccc1. The molecule has 0 aliphatic heterocycles. The molecule has 0 aliphatic rings. The van der Waals surface area contributed by atoms with Crippen LogP contribution in [0.2, 0.25) is 0 Å². The van der Waals surface area contributed by atoms with Crippen molar-refractivity contribution in [1.82, 2.24) is 15.1 Å². The van der Waals surface area contributed by atoms with Crippen molar-refractivity contribution < 1.29 is 14.3 Å². The normalized spacial score (nSPS) is 11.7. The maximum Gasteiger partial charge on any atom is 0.308 e. The topological polar surface area (TPSA) is 97.0 Å². The van der Waals surface area contributed by atoms with Crippen LogP contribution in [0, 0.1) is 25.2 Å². The summed E-state index contributed by atoms with van der Waals surface area (Å²) in [6, 6.07) is 11.1. The number of ether oxygens (including phenoxy) is 1. The molecule has 0 aliphatic carbocycles. The number of benzene rings is 1. The van der Waals surface area contributed by atoms with E-state index in [2.05, 4.69) is 16.5 Å². The smallest absolute Gasteiger partial charge is 0.308 e. The summed E-state index contributed by atoms with van der Waals surface area (Å²) in [5.74, 6) is -0.477. The number of aryl methyl sites for hydroxylation is 2. The van der Waals surface area contributed by atoms with E-state index in [0.717, 1.165) is 22.5 Å². The van der Waals surface area contributed by atoms with Crippen molar-refractivity contribution in [2.75, 3.05) is 0 Å². The van der Waals surface area contributed by atoms with Gasteiger partial charge >= 0.3 is 5.97 Å². The monoisotopic (exact) mass is 410 g/mol. The van der Waals surface area contributed by atoms with Gasteiger partial charge in [-0.1, -0.05) is 30.3 Å². The molecule has 1 heterocycles. The highest BCUT2D eigenvalue weighted by molar-refractivity contribution is 5.78. The largest absolute Gasteiger partial charge is 0.463 e. The summed E-state index contributed by atoms with van der Waals surface area (Å²) in [7, 11) is 0. The molecule has 30 heavy (non-hydrogen) atoms.